The van der Waals surface area contributed by atoms with Gasteiger partial charge in [-0.25, -0.2) is 18.2 Å². The average molecular weight is 632 g/mol. The van der Waals surface area contributed by atoms with E-state index in [-0.39, 0.29) is 17.2 Å². The molecule has 5 nitrogen and oxygen atoms in total. The van der Waals surface area contributed by atoms with Crippen molar-refractivity contribution in [2.45, 2.75) is 85.1 Å². The minimum Gasteiger partial charge on any atom is -0.480 e. The summed E-state index contributed by atoms with van der Waals surface area (Å²) in [5.41, 5.74) is 2.51. The topological polar surface area (TPSA) is 56.7 Å². The van der Waals surface area contributed by atoms with Gasteiger partial charge in [0.25, 0.3) is 0 Å². The number of hydrogen-bond donors (Lipinski definition) is 1. The molecule has 0 spiro atoms. The summed E-state index contributed by atoms with van der Waals surface area (Å²) in [6.45, 7) is 15.6. The van der Waals surface area contributed by atoms with Gasteiger partial charge in [0.1, 0.15) is 11.9 Å². The molecule has 44 heavy (non-hydrogen) atoms. The van der Waals surface area contributed by atoms with Crippen molar-refractivity contribution >= 4 is 17.3 Å². The average Bonchev–Trinajstić information content (AvgIpc) is 3.58. The van der Waals surface area contributed by atoms with Crippen LogP contribution in [0.2, 0.25) is 0 Å². The molecular formula is C35H48F3N3O2S. The van der Waals surface area contributed by atoms with Crippen LogP contribution >= 0.6 is 11.3 Å². The molecule has 2 aliphatic rings. The Hall–Kier alpha value is -2.75. The first-order chi connectivity index (χ1) is 20.8. The van der Waals surface area contributed by atoms with Crippen LogP contribution in [0, 0.1) is 29.8 Å². The molecule has 0 saturated carbocycles. The van der Waals surface area contributed by atoms with E-state index in [1.54, 1.807) is 29.5 Å². The lowest BCUT2D eigenvalue weighted by Crippen LogP contribution is -2.48. The maximum atomic E-state index is 13.3. The molecule has 2 atom stereocenters. The van der Waals surface area contributed by atoms with Crippen molar-refractivity contribution in [2.24, 2.45) is 5.41 Å². The van der Waals surface area contributed by atoms with Crippen molar-refractivity contribution in [1.82, 2.24) is 14.8 Å². The zero-order valence-electron chi connectivity index (χ0n) is 27.2. The predicted octanol–water partition coefficient (Wildman–Crippen LogP) is 8.27. The Kier molecular flexibility index (Phi) is 13.0. The monoisotopic (exact) mass is 631 g/mol. The van der Waals surface area contributed by atoms with Crippen LogP contribution in [0.4, 0.5) is 13.2 Å². The Balaban J connectivity index is 0.000000229. The lowest BCUT2D eigenvalue weighted by atomic mass is 9.85. The second-order valence-electron chi connectivity index (χ2n) is 12.7. The maximum Gasteiger partial charge on any atom is 0.321 e. The molecule has 2 unspecified atom stereocenters. The number of piperidine rings is 1. The number of aliphatic carboxylic acids is 1. The molecule has 1 aromatic heterocycles. The number of carbonyl (C=O) groups is 1. The minimum absolute atomic E-state index is 0.217. The molecule has 2 saturated heterocycles. The molecule has 2 fully saturated rings. The molecule has 9 heteroatoms. The molecule has 2 aromatic carbocycles. The van der Waals surface area contributed by atoms with E-state index in [2.05, 4.69) is 23.9 Å². The van der Waals surface area contributed by atoms with Crippen LogP contribution in [0.5, 0.6) is 0 Å². The first-order valence-corrected chi connectivity index (χ1v) is 16.4. The number of rotatable bonds is 6. The fraction of sp³-hybridized carbons (Fsp3) is 0.543. The molecule has 0 amide bonds. The van der Waals surface area contributed by atoms with Crippen molar-refractivity contribution in [1.29, 1.82) is 0 Å². The Morgan fingerprint density at radius 3 is 2.25 bits per heavy atom. The fourth-order valence-electron chi connectivity index (χ4n) is 6.14. The molecule has 3 heterocycles. The quantitative estimate of drug-likeness (QED) is 0.297. The van der Waals surface area contributed by atoms with Crippen molar-refractivity contribution in [2.75, 3.05) is 33.2 Å². The standard InChI is InChI=1S/C17H20F2N2S.C16H22FNO2.C2H6/c1-11-17(13-5-7-21(2)8-6-13)22-16(20-11)10-12-3-4-14(18)15(19)9-12;1-16(2,3)14(15(19)20)18-8-7-12(10-18)11-5-4-6-13(17)9-11;1-2/h3-4,9,13H,5-8,10H2,1-2H3;4-6,9,12,14H,7-8,10H2,1-3H3,(H,19,20);1-2H3. The first kappa shape index (κ1) is 35.7. The summed E-state index contributed by atoms with van der Waals surface area (Å²) in [5, 5.41) is 10.5. The summed E-state index contributed by atoms with van der Waals surface area (Å²) >= 11 is 1.73. The fourth-order valence-corrected chi connectivity index (χ4v) is 7.41. The lowest BCUT2D eigenvalue weighted by molar-refractivity contribution is -0.147. The summed E-state index contributed by atoms with van der Waals surface area (Å²) < 4.78 is 39.6. The summed E-state index contributed by atoms with van der Waals surface area (Å²) in [5.74, 6) is -1.79. The van der Waals surface area contributed by atoms with Gasteiger partial charge >= 0.3 is 5.97 Å². The molecule has 242 valence electrons. The number of aromatic nitrogens is 1. The Morgan fingerprint density at radius 1 is 1.00 bits per heavy atom. The van der Waals surface area contributed by atoms with Gasteiger partial charge in [-0.05, 0) is 106 Å². The van der Waals surface area contributed by atoms with E-state index in [1.807, 2.05) is 45.6 Å². The summed E-state index contributed by atoms with van der Waals surface area (Å²) in [6.07, 6.45) is 3.78. The second kappa shape index (κ2) is 16.0. The van der Waals surface area contributed by atoms with Crippen molar-refractivity contribution in [3.63, 3.8) is 0 Å². The van der Waals surface area contributed by atoms with Gasteiger partial charge in [0.15, 0.2) is 11.6 Å². The van der Waals surface area contributed by atoms with Gasteiger partial charge in [0.05, 0.1) is 10.7 Å². The zero-order valence-corrected chi connectivity index (χ0v) is 28.0. The molecular weight excluding hydrogens is 583 g/mol. The van der Waals surface area contributed by atoms with Gasteiger partial charge in [-0.15, -0.1) is 11.3 Å². The number of aryl methyl sites for hydroxylation is 1. The van der Waals surface area contributed by atoms with E-state index in [4.69, 9.17) is 0 Å². The lowest BCUT2D eigenvalue weighted by Gasteiger charge is -2.34. The van der Waals surface area contributed by atoms with Gasteiger partial charge in [-0.2, -0.15) is 0 Å². The van der Waals surface area contributed by atoms with Gasteiger partial charge in [0.2, 0.25) is 0 Å². The van der Waals surface area contributed by atoms with E-state index in [9.17, 15) is 23.1 Å². The van der Waals surface area contributed by atoms with Crippen LogP contribution in [-0.2, 0) is 11.2 Å². The Labute approximate surface area is 265 Å². The summed E-state index contributed by atoms with van der Waals surface area (Å²) in [4.78, 5) is 21.9. The highest BCUT2D eigenvalue weighted by molar-refractivity contribution is 7.11. The molecule has 0 radical (unpaired) electrons. The molecule has 1 N–H and O–H groups in total. The third-order valence-electron chi connectivity index (χ3n) is 8.26. The first-order valence-electron chi connectivity index (χ1n) is 15.6. The van der Waals surface area contributed by atoms with Crippen LogP contribution < -0.4 is 0 Å². The number of carboxylic acids is 1. The van der Waals surface area contributed by atoms with E-state index in [0.29, 0.717) is 18.9 Å². The van der Waals surface area contributed by atoms with Crippen LogP contribution in [0.15, 0.2) is 42.5 Å². The van der Waals surface area contributed by atoms with Gasteiger partial charge in [-0.3, -0.25) is 9.69 Å². The number of halogens is 3. The maximum absolute atomic E-state index is 13.3. The highest BCUT2D eigenvalue weighted by Crippen LogP contribution is 2.35. The zero-order chi connectivity index (χ0) is 32.6. The van der Waals surface area contributed by atoms with Gasteiger partial charge in [0, 0.05) is 17.8 Å². The SMILES string of the molecule is CC.CC(C)(C)C(C(=O)O)N1CCC(c2cccc(F)c2)C1.Cc1nc(Cc2ccc(F)c(F)c2)sc1C1CCN(C)CC1. The van der Waals surface area contributed by atoms with Crippen molar-refractivity contribution in [3.8, 4) is 0 Å². The number of benzene rings is 2. The molecule has 5 rings (SSSR count). The van der Waals surface area contributed by atoms with Crippen molar-refractivity contribution in [3.05, 3.63) is 86.6 Å². The highest BCUT2D eigenvalue weighted by atomic mass is 32.1. The number of thiazole rings is 1. The number of hydrogen-bond acceptors (Lipinski definition) is 5. The van der Waals surface area contributed by atoms with E-state index >= 15 is 0 Å². The normalized spacial score (nSPS) is 18.6. The Morgan fingerprint density at radius 2 is 1.66 bits per heavy atom. The third-order valence-corrected chi connectivity index (χ3v) is 9.58. The molecule has 0 bridgehead atoms. The van der Waals surface area contributed by atoms with Gasteiger partial charge < -0.3 is 10.0 Å². The Bertz CT molecular complexity index is 1370. The van der Waals surface area contributed by atoms with Crippen molar-refractivity contribution < 1.29 is 23.1 Å². The summed E-state index contributed by atoms with van der Waals surface area (Å²) in [7, 11) is 2.16. The third kappa shape index (κ3) is 9.62. The summed E-state index contributed by atoms with van der Waals surface area (Å²) in [6, 6.07) is 10.2. The van der Waals surface area contributed by atoms with Crippen LogP contribution in [0.3, 0.4) is 0 Å². The molecule has 2 aliphatic heterocycles. The number of nitrogens with zero attached hydrogens (tertiary/aromatic N) is 3. The number of carboxylic acid groups (broad SMARTS) is 1. The highest BCUT2D eigenvalue weighted by Gasteiger charge is 2.40. The van der Waals surface area contributed by atoms with E-state index in [0.717, 1.165) is 47.9 Å². The smallest absolute Gasteiger partial charge is 0.321 e. The van der Waals surface area contributed by atoms with E-state index in [1.165, 1.54) is 35.9 Å². The van der Waals surface area contributed by atoms with E-state index < -0.39 is 23.6 Å². The molecule has 3 aromatic rings. The predicted molar refractivity (Wildman–Crippen MR) is 173 cm³/mol. The largest absolute Gasteiger partial charge is 0.480 e. The number of likely N-dealkylation sites (tertiary alicyclic amines) is 2. The molecule has 0 aliphatic carbocycles. The minimum atomic E-state index is -0.800. The van der Waals surface area contributed by atoms with Crippen LogP contribution in [0.25, 0.3) is 0 Å². The van der Waals surface area contributed by atoms with Gasteiger partial charge in [-0.1, -0.05) is 52.8 Å². The van der Waals surface area contributed by atoms with Crippen LogP contribution in [0.1, 0.15) is 92.4 Å². The second-order valence-corrected chi connectivity index (χ2v) is 13.8. The van der Waals surface area contributed by atoms with Crippen LogP contribution in [-0.4, -0.2) is 65.1 Å².